The summed E-state index contributed by atoms with van der Waals surface area (Å²) >= 11 is 15.3. The zero-order valence-corrected chi connectivity index (χ0v) is 20.4. The fraction of sp³-hybridized carbons (Fsp3) is 0.364. The van der Waals surface area contributed by atoms with Crippen LogP contribution in [-0.2, 0) is 4.79 Å². The van der Waals surface area contributed by atoms with E-state index in [2.05, 4.69) is 33.7 Å². The van der Waals surface area contributed by atoms with Gasteiger partial charge in [0.25, 0.3) is 11.8 Å². The van der Waals surface area contributed by atoms with Crippen LogP contribution in [0.4, 0.5) is 0 Å². The molecule has 1 atom stereocenters. The molecule has 0 saturated carbocycles. The molecule has 0 saturated heterocycles. The first-order valence-corrected chi connectivity index (χ1v) is 11.5. The third-order valence-electron chi connectivity index (χ3n) is 4.32. The summed E-state index contributed by atoms with van der Waals surface area (Å²) < 4.78 is 11.9. The van der Waals surface area contributed by atoms with Gasteiger partial charge in [-0.2, -0.15) is 0 Å². The van der Waals surface area contributed by atoms with Gasteiger partial charge >= 0.3 is 0 Å². The quantitative estimate of drug-likeness (QED) is 0.293. The van der Waals surface area contributed by atoms with E-state index in [0.717, 1.165) is 12.8 Å². The first-order valence-electron chi connectivity index (χ1n) is 9.96. The summed E-state index contributed by atoms with van der Waals surface area (Å²) in [5.74, 6) is -0.0288. The van der Waals surface area contributed by atoms with Crippen molar-refractivity contribution in [1.82, 2.24) is 10.9 Å². The summed E-state index contributed by atoms with van der Waals surface area (Å²) in [6.45, 7) is 4.32. The van der Waals surface area contributed by atoms with Gasteiger partial charge in [0.15, 0.2) is 6.10 Å². The molecule has 2 amide bonds. The maximum absolute atomic E-state index is 12.4. The van der Waals surface area contributed by atoms with Gasteiger partial charge < -0.3 is 9.47 Å². The van der Waals surface area contributed by atoms with Crippen molar-refractivity contribution in [2.75, 3.05) is 6.61 Å². The van der Waals surface area contributed by atoms with Crippen molar-refractivity contribution in [1.29, 1.82) is 0 Å². The van der Waals surface area contributed by atoms with Gasteiger partial charge in [-0.05, 0) is 65.7 Å². The standard InChI is InChI=1S/C22H25BrCl2N2O4/c1-3-4-5-6-11-30-19-9-7-15(12-17(19)23)22(29)27-26-21(28)14(2)31-20-10-8-16(24)13-18(20)25/h7-10,12-14H,3-6,11H2,1-2H3,(H,26,28)(H,27,29). The predicted octanol–water partition coefficient (Wildman–Crippen LogP) is 5.94. The maximum atomic E-state index is 12.4. The van der Waals surface area contributed by atoms with Crippen LogP contribution in [0.25, 0.3) is 0 Å². The van der Waals surface area contributed by atoms with Crippen molar-refractivity contribution < 1.29 is 19.1 Å². The minimum Gasteiger partial charge on any atom is -0.492 e. The Balaban J connectivity index is 1.84. The molecule has 0 spiro atoms. The summed E-state index contributed by atoms with van der Waals surface area (Å²) in [6, 6.07) is 9.66. The molecular weight excluding hydrogens is 507 g/mol. The number of carbonyl (C=O) groups excluding carboxylic acids is 2. The van der Waals surface area contributed by atoms with E-state index >= 15 is 0 Å². The number of hydrazine groups is 1. The third-order valence-corrected chi connectivity index (χ3v) is 5.47. The van der Waals surface area contributed by atoms with Crippen LogP contribution in [0.5, 0.6) is 11.5 Å². The minimum atomic E-state index is -0.894. The number of rotatable bonds is 10. The number of ether oxygens (including phenoxy) is 2. The Hall–Kier alpha value is -1.96. The predicted molar refractivity (Wildman–Crippen MR) is 126 cm³/mol. The van der Waals surface area contributed by atoms with E-state index in [-0.39, 0.29) is 5.02 Å². The van der Waals surface area contributed by atoms with Gasteiger partial charge in [-0.25, -0.2) is 0 Å². The summed E-state index contributed by atoms with van der Waals surface area (Å²) in [5.41, 5.74) is 5.07. The average Bonchev–Trinajstić information content (AvgIpc) is 2.74. The monoisotopic (exact) mass is 530 g/mol. The molecule has 2 N–H and O–H groups in total. The fourth-order valence-corrected chi connectivity index (χ4v) is 3.52. The highest BCUT2D eigenvalue weighted by atomic mass is 79.9. The lowest BCUT2D eigenvalue weighted by molar-refractivity contribution is -0.128. The van der Waals surface area contributed by atoms with Crippen molar-refractivity contribution in [2.24, 2.45) is 0 Å². The Labute approximate surface area is 200 Å². The van der Waals surface area contributed by atoms with Crippen LogP contribution in [-0.4, -0.2) is 24.5 Å². The number of nitrogens with one attached hydrogen (secondary N) is 2. The van der Waals surface area contributed by atoms with Crippen molar-refractivity contribution >= 4 is 50.9 Å². The Bertz CT molecular complexity index is 911. The van der Waals surface area contributed by atoms with E-state index in [0.29, 0.717) is 33.2 Å². The van der Waals surface area contributed by atoms with Crippen molar-refractivity contribution in [3.05, 3.63) is 56.5 Å². The highest BCUT2D eigenvalue weighted by molar-refractivity contribution is 9.10. The number of hydrogen-bond acceptors (Lipinski definition) is 4. The molecule has 0 aliphatic carbocycles. The molecule has 6 nitrogen and oxygen atoms in total. The molecule has 31 heavy (non-hydrogen) atoms. The van der Waals surface area contributed by atoms with Gasteiger partial charge in [0.1, 0.15) is 11.5 Å². The van der Waals surface area contributed by atoms with Crippen LogP contribution >= 0.6 is 39.1 Å². The lowest BCUT2D eigenvalue weighted by atomic mass is 10.2. The molecule has 0 bridgehead atoms. The molecule has 168 valence electrons. The van der Waals surface area contributed by atoms with E-state index in [1.165, 1.54) is 25.8 Å². The lowest BCUT2D eigenvalue weighted by Crippen LogP contribution is -2.47. The number of benzene rings is 2. The van der Waals surface area contributed by atoms with Gasteiger partial charge in [0.2, 0.25) is 0 Å². The zero-order chi connectivity index (χ0) is 22.8. The van der Waals surface area contributed by atoms with Crippen molar-refractivity contribution in [2.45, 2.75) is 45.6 Å². The molecule has 0 aliphatic heterocycles. The van der Waals surface area contributed by atoms with Gasteiger partial charge in [-0.3, -0.25) is 20.4 Å². The molecule has 9 heteroatoms. The molecular formula is C22H25BrCl2N2O4. The second-order valence-corrected chi connectivity index (χ2v) is 8.53. The summed E-state index contributed by atoms with van der Waals surface area (Å²) in [6.07, 6.45) is 3.57. The molecule has 1 unspecified atom stereocenters. The number of unbranched alkanes of at least 4 members (excludes halogenated alkanes) is 3. The highest BCUT2D eigenvalue weighted by Gasteiger charge is 2.18. The molecule has 0 heterocycles. The second kappa shape index (κ2) is 12.8. The zero-order valence-electron chi connectivity index (χ0n) is 17.3. The normalized spacial score (nSPS) is 11.5. The second-order valence-electron chi connectivity index (χ2n) is 6.83. The van der Waals surface area contributed by atoms with Gasteiger partial charge in [-0.15, -0.1) is 0 Å². The van der Waals surface area contributed by atoms with Crippen LogP contribution in [0.3, 0.4) is 0 Å². The van der Waals surface area contributed by atoms with E-state index in [1.807, 2.05) is 0 Å². The van der Waals surface area contributed by atoms with Crippen LogP contribution in [0.1, 0.15) is 49.9 Å². The smallest absolute Gasteiger partial charge is 0.279 e. The van der Waals surface area contributed by atoms with Crippen molar-refractivity contribution in [3.8, 4) is 11.5 Å². The minimum absolute atomic E-state index is 0.286. The summed E-state index contributed by atoms with van der Waals surface area (Å²) in [5, 5.41) is 0.745. The summed E-state index contributed by atoms with van der Waals surface area (Å²) in [4.78, 5) is 24.6. The Kier molecular flexibility index (Phi) is 10.4. The molecule has 2 rings (SSSR count). The van der Waals surface area contributed by atoms with Gasteiger partial charge in [0, 0.05) is 10.6 Å². The average molecular weight is 532 g/mol. The Morgan fingerprint density at radius 1 is 1.03 bits per heavy atom. The number of halogens is 3. The summed E-state index contributed by atoms with van der Waals surface area (Å²) in [7, 11) is 0. The maximum Gasteiger partial charge on any atom is 0.279 e. The van der Waals surface area contributed by atoms with Gasteiger partial charge in [0.05, 0.1) is 16.1 Å². The number of carbonyl (C=O) groups is 2. The SMILES string of the molecule is CCCCCCOc1ccc(C(=O)NNC(=O)C(C)Oc2ccc(Cl)cc2Cl)cc1Br. The Morgan fingerprint density at radius 3 is 2.45 bits per heavy atom. The number of hydrogen-bond donors (Lipinski definition) is 2. The molecule has 0 aromatic heterocycles. The van der Waals surface area contributed by atoms with Crippen LogP contribution in [0, 0.1) is 0 Å². The Morgan fingerprint density at radius 2 is 1.77 bits per heavy atom. The largest absolute Gasteiger partial charge is 0.492 e. The van der Waals surface area contributed by atoms with Crippen LogP contribution in [0.2, 0.25) is 10.0 Å². The fourth-order valence-electron chi connectivity index (χ4n) is 2.58. The first kappa shape index (κ1) is 25.3. The van der Waals surface area contributed by atoms with E-state index < -0.39 is 17.9 Å². The lowest BCUT2D eigenvalue weighted by Gasteiger charge is -2.16. The van der Waals surface area contributed by atoms with E-state index in [1.54, 1.807) is 30.3 Å². The van der Waals surface area contributed by atoms with Crippen LogP contribution < -0.4 is 20.3 Å². The molecule has 0 aliphatic rings. The third kappa shape index (κ3) is 8.24. The topological polar surface area (TPSA) is 76.7 Å². The highest BCUT2D eigenvalue weighted by Crippen LogP contribution is 2.28. The van der Waals surface area contributed by atoms with Gasteiger partial charge in [-0.1, -0.05) is 49.4 Å². The van der Waals surface area contributed by atoms with Crippen molar-refractivity contribution in [3.63, 3.8) is 0 Å². The molecule has 0 radical (unpaired) electrons. The number of amides is 2. The van der Waals surface area contributed by atoms with Crippen LogP contribution in [0.15, 0.2) is 40.9 Å². The van der Waals surface area contributed by atoms with E-state index in [9.17, 15) is 9.59 Å². The molecule has 2 aromatic rings. The molecule has 2 aromatic carbocycles. The van der Waals surface area contributed by atoms with E-state index in [4.69, 9.17) is 32.7 Å². The first-order chi connectivity index (χ1) is 14.8. The molecule has 0 fully saturated rings.